The molecule has 0 rings (SSSR count). The molecule has 0 aromatic carbocycles. The minimum atomic E-state index is -1.04. The molecule has 3 N–H and O–H groups in total. The summed E-state index contributed by atoms with van der Waals surface area (Å²) in [6, 6.07) is -0.921. The Morgan fingerprint density at radius 2 is 2.10 bits per heavy atom. The van der Waals surface area contributed by atoms with Gasteiger partial charge in [-0.25, -0.2) is 0 Å². The van der Waals surface area contributed by atoms with Crippen LogP contribution in [0.1, 0.15) is 6.92 Å². The molecule has 0 fully saturated rings. The molecule has 0 spiro atoms. The van der Waals surface area contributed by atoms with Crippen molar-refractivity contribution in [1.29, 1.82) is 0 Å². The molecule has 0 aliphatic heterocycles. The van der Waals surface area contributed by atoms with Crippen LogP contribution in [0.5, 0.6) is 0 Å². The number of hydrogen-bond acceptors (Lipinski definition) is 3. The zero-order valence-corrected chi connectivity index (χ0v) is 6.72. The molecule has 2 atom stereocenters. The highest BCUT2D eigenvalue weighted by Crippen LogP contribution is 1.92. The molecule has 0 unspecified atom stereocenters. The second-order valence-electron chi connectivity index (χ2n) is 1.80. The molecule has 4 nitrogen and oxygen atoms in total. The second kappa shape index (κ2) is 5.46. The van der Waals surface area contributed by atoms with Gasteiger partial charge in [0.2, 0.25) is 0 Å². The van der Waals surface area contributed by atoms with E-state index in [0.717, 1.165) is 0 Å². The van der Waals surface area contributed by atoms with Crippen LogP contribution in [0.4, 0.5) is 0 Å². The standard InChI is InChI=1S/C5H11NO3.ClH/c1-3(9-2)4(6)5(7)8;/h3-4H,6H2,1-2H3,(H,7,8);1H/t3-,4-;/m1./s1. The lowest BCUT2D eigenvalue weighted by Gasteiger charge is -2.12. The van der Waals surface area contributed by atoms with E-state index in [1.165, 1.54) is 7.11 Å². The zero-order chi connectivity index (χ0) is 7.44. The largest absolute Gasteiger partial charge is 0.480 e. The summed E-state index contributed by atoms with van der Waals surface area (Å²) in [6.07, 6.45) is -0.428. The van der Waals surface area contributed by atoms with Gasteiger partial charge in [0.15, 0.2) is 0 Å². The van der Waals surface area contributed by atoms with Crippen molar-refractivity contribution in [2.75, 3.05) is 7.11 Å². The van der Waals surface area contributed by atoms with Crippen molar-refractivity contribution in [2.24, 2.45) is 5.73 Å². The van der Waals surface area contributed by atoms with Gasteiger partial charge in [0.1, 0.15) is 6.04 Å². The lowest BCUT2D eigenvalue weighted by Crippen LogP contribution is -2.40. The van der Waals surface area contributed by atoms with Crippen molar-refractivity contribution >= 4 is 18.4 Å². The Kier molecular flexibility index (Phi) is 6.76. The van der Waals surface area contributed by atoms with Crippen LogP contribution in [0.25, 0.3) is 0 Å². The number of methoxy groups -OCH3 is 1. The third kappa shape index (κ3) is 3.66. The smallest absolute Gasteiger partial charge is 0.323 e. The van der Waals surface area contributed by atoms with Gasteiger partial charge in [-0.2, -0.15) is 0 Å². The summed E-state index contributed by atoms with van der Waals surface area (Å²) in [5.41, 5.74) is 5.15. The van der Waals surface area contributed by atoms with E-state index in [0.29, 0.717) is 0 Å². The van der Waals surface area contributed by atoms with Crippen LogP contribution in [-0.4, -0.2) is 30.3 Å². The van der Waals surface area contributed by atoms with Crippen molar-refractivity contribution in [2.45, 2.75) is 19.1 Å². The first kappa shape index (κ1) is 12.4. The highest BCUT2D eigenvalue weighted by molar-refractivity contribution is 5.85. The van der Waals surface area contributed by atoms with Crippen LogP contribution in [0.3, 0.4) is 0 Å². The predicted octanol–water partition coefficient (Wildman–Crippen LogP) is -0.145. The highest BCUT2D eigenvalue weighted by atomic mass is 35.5. The maximum absolute atomic E-state index is 10.1. The summed E-state index contributed by atoms with van der Waals surface area (Å²) >= 11 is 0. The monoisotopic (exact) mass is 169 g/mol. The van der Waals surface area contributed by atoms with Gasteiger partial charge in [0, 0.05) is 7.11 Å². The summed E-state index contributed by atoms with van der Waals surface area (Å²) in [7, 11) is 1.42. The Morgan fingerprint density at radius 1 is 1.70 bits per heavy atom. The molecule has 0 aromatic heterocycles. The van der Waals surface area contributed by atoms with Gasteiger partial charge < -0.3 is 15.6 Å². The van der Waals surface area contributed by atoms with Crippen LogP contribution < -0.4 is 5.73 Å². The Hall–Kier alpha value is -0.320. The van der Waals surface area contributed by atoms with Crippen LogP contribution in [0, 0.1) is 0 Å². The fraction of sp³-hybridized carbons (Fsp3) is 0.800. The van der Waals surface area contributed by atoms with E-state index in [9.17, 15) is 4.79 Å². The minimum absolute atomic E-state index is 0. The fourth-order valence-electron chi connectivity index (χ4n) is 0.347. The summed E-state index contributed by atoms with van der Waals surface area (Å²) in [4.78, 5) is 10.1. The van der Waals surface area contributed by atoms with Gasteiger partial charge in [0.25, 0.3) is 0 Å². The fourth-order valence-corrected chi connectivity index (χ4v) is 0.347. The van der Waals surface area contributed by atoms with E-state index in [1.54, 1.807) is 6.92 Å². The van der Waals surface area contributed by atoms with Crippen LogP contribution >= 0.6 is 12.4 Å². The zero-order valence-electron chi connectivity index (χ0n) is 5.90. The van der Waals surface area contributed by atoms with Gasteiger partial charge in [-0.1, -0.05) is 0 Å². The number of ether oxygens (including phenoxy) is 1. The first-order valence-electron chi connectivity index (χ1n) is 2.60. The molecule has 10 heavy (non-hydrogen) atoms. The molecule has 62 valence electrons. The van der Waals surface area contributed by atoms with Crippen molar-refractivity contribution < 1.29 is 14.6 Å². The SMILES string of the molecule is CO[C@H](C)[C@@H](N)C(=O)O.Cl. The molecule has 0 aliphatic rings. The average molecular weight is 170 g/mol. The van der Waals surface area contributed by atoms with Gasteiger partial charge in [-0.05, 0) is 6.92 Å². The van der Waals surface area contributed by atoms with Crippen molar-refractivity contribution in [1.82, 2.24) is 0 Å². The Labute approximate surface area is 65.8 Å². The van der Waals surface area contributed by atoms with E-state index < -0.39 is 18.1 Å². The molecular formula is C5H12ClNO3. The number of carboxylic acids is 1. The van der Waals surface area contributed by atoms with E-state index in [-0.39, 0.29) is 12.4 Å². The molecule has 0 heterocycles. The lowest BCUT2D eigenvalue weighted by molar-refractivity contribution is -0.141. The molecule has 0 saturated carbocycles. The van der Waals surface area contributed by atoms with E-state index in [4.69, 9.17) is 10.8 Å². The maximum Gasteiger partial charge on any atom is 0.323 e. The quantitative estimate of drug-likeness (QED) is 0.617. The number of aliphatic carboxylic acids is 1. The second-order valence-corrected chi connectivity index (χ2v) is 1.80. The number of nitrogens with two attached hydrogens (primary N) is 1. The van der Waals surface area contributed by atoms with Crippen molar-refractivity contribution in [3.8, 4) is 0 Å². The molecule has 0 aliphatic carbocycles. The summed E-state index contributed by atoms with van der Waals surface area (Å²) in [5, 5.41) is 8.28. The first-order chi connectivity index (χ1) is 4.09. The topological polar surface area (TPSA) is 72.5 Å². The normalized spacial score (nSPS) is 15.1. The van der Waals surface area contributed by atoms with Gasteiger partial charge >= 0.3 is 5.97 Å². The lowest BCUT2D eigenvalue weighted by atomic mass is 10.2. The highest BCUT2D eigenvalue weighted by Gasteiger charge is 2.18. The number of hydrogen-bond donors (Lipinski definition) is 2. The molecule has 0 amide bonds. The predicted molar refractivity (Wildman–Crippen MR) is 39.3 cm³/mol. The van der Waals surface area contributed by atoms with Crippen LogP contribution in [0.2, 0.25) is 0 Å². The van der Waals surface area contributed by atoms with Gasteiger partial charge in [-0.3, -0.25) is 4.79 Å². The third-order valence-electron chi connectivity index (χ3n) is 1.16. The van der Waals surface area contributed by atoms with Crippen molar-refractivity contribution in [3.63, 3.8) is 0 Å². The minimum Gasteiger partial charge on any atom is -0.480 e. The maximum atomic E-state index is 10.1. The number of carbonyl (C=O) groups is 1. The Bertz CT molecular complexity index is 109. The number of carboxylic acid groups (broad SMARTS) is 1. The van der Waals surface area contributed by atoms with Crippen LogP contribution in [-0.2, 0) is 9.53 Å². The molecule has 0 bridgehead atoms. The van der Waals surface area contributed by atoms with Crippen molar-refractivity contribution in [3.05, 3.63) is 0 Å². The summed E-state index contributed by atoms with van der Waals surface area (Å²) in [5.74, 6) is -1.04. The van der Waals surface area contributed by atoms with Crippen LogP contribution in [0.15, 0.2) is 0 Å². The summed E-state index contributed by atoms with van der Waals surface area (Å²) in [6.45, 7) is 1.61. The van der Waals surface area contributed by atoms with Gasteiger partial charge in [0.05, 0.1) is 6.10 Å². The molecule has 5 heteroatoms. The van der Waals surface area contributed by atoms with E-state index in [1.807, 2.05) is 0 Å². The first-order valence-corrected chi connectivity index (χ1v) is 2.60. The third-order valence-corrected chi connectivity index (χ3v) is 1.16. The number of halogens is 1. The number of rotatable bonds is 3. The molecule has 0 radical (unpaired) electrons. The average Bonchev–Trinajstić information content (AvgIpc) is 1.84. The molecule has 0 aromatic rings. The van der Waals surface area contributed by atoms with E-state index >= 15 is 0 Å². The molecular weight excluding hydrogens is 158 g/mol. The van der Waals surface area contributed by atoms with Gasteiger partial charge in [-0.15, -0.1) is 12.4 Å². The Balaban J connectivity index is 0. The summed E-state index contributed by atoms with van der Waals surface area (Å²) < 4.78 is 4.67. The molecule has 0 saturated heterocycles. The Morgan fingerprint density at radius 3 is 2.20 bits per heavy atom. The van der Waals surface area contributed by atoms with E-state index in [2.05, 4.69) is 4.74 Å².